The zero-order chi connectivity index (χ0) is 73.1. The van der Waals surface area contributed by atoms with Crippen molar-refractivity contribution in [3.8, 4) is 0 Å². The van der Waals surface area contributed by atoms with Crippen LogP contribution < -0.4 is 0 Å². The summed E-state index contributed by atoms with van der Waals surface area (Å²) < 4.78 is 68.6. The van der Waals surface area contributed by atoms with Crippen molar-refractivity contribution in [3.05, 3.63) is 0 Å². The number of hydrogen-bond donors (Lipinski definition) is 3. The highest BCUT2D eigenvalue weighted by atomic mass is 31.2. The Morgan fingerprint density at radius 3 is 0.717 bits per heavy atom. The van der Waals surface area contributed by atoms with Crippen LogP contribution in [0, 0.1) is 23.7 Å². The van der Waals surface area contributed by atoms with E-state index >= 15 is 0 Å². The molecule has 0 rings (SSSR count). The standard InChI is InChI=1S/C80H156O17P2/c1-9-71(6)57-49-41-33-27-23-18-16-14-12-13-15-17-19-24-28-36-46-54-62-80(85)97-76(67-91-78(83)61-53-45-39-38-43-51-59-73(8)11-3)69-95-99(88,89)93-65-74(81)64-92-98(86,87)94-68-75(66-90-77(82)60-52-44-35-31-30-34-42-50-58-72(7)10-2)96-79(84)63-55-47-37-29-25-21-20-22-26-32-40-48-56-70(4)5/h70-76,81H,9-69H2,1-8H3,(H,86,87)(H,88,89)/t71?,72?,73?,74-,75-,76-/m1/s1. The molecule has 0 aromatic carbocycles. The molecule has 0 aliphatic heterocycles. The summed E-state index contributed by atoms with van der Waals surface area (Å²) in [6.45, 7) is 14.3. The lowest BCUT2D eigenvalue weighted by atomic mass is 9.99. The molecule has 0 amide bonds. The fourth-order valence-corrected chi connectivity index (χ4v) is 13.7. The number of phosphoric ester groups is 2. The second kappa shape index (κ2) is 69.1. The molecule has 19 heteroatoms. The van der Waals surface area contributed by atoms with E-state index in [1.54, 1.807) is 0 Å². The quantitative estimate of drug-likeness (QED) is 0.0222. The van der Waals surface area contributed by atoms with Crippen LogP contribution in [0.1, 0.15) is 409 Å². The van der Waals surface area contributed by atoms with Crippen LogP contribution in [0.15, 0.2) is 0 Å². The Kier molecular flexibility index (Phi) is 67.8. The van der Waals surface area contributed by atoms with Crippen molar-refractivity contribution in [3.63, 3.8) is 0 Å². The number of aliphatic hydroxyl groups is 1. The predicted molar refractivity (Wildman–Crippen MR) is 404 cm³/mol. The Balaban J connectivity index is 5.20. The number of esters is 4. The summed E-state index contributed by atoms with van der Waals surface area (Å²) in [5, 5.41) is 10.6. The lowest BCUT2D eigenvalue weighted by Crippen LogP contribution is -2.30. The zero-order valence-corrected chi connectivity index (χ0v) is 66.9. The molecule has 0 aromatic rings. The Morgan fingerprint density at radius 1 is 0.283 bits per heavy atom. The van der Waals surface area contributed by atoms with Gasteiger partial charge in [-0.25, -0.2) is 9.13 Å². The van der Waals surface area contributed by atoms with Crippen molar-refractivity contribution in [2.45, 2.75) is 427 Å². The minimum absolute atomic E-state index is 0.106. The van der Waals surface area contributed by atoms with Gasteiger partial charge in [-0.3, -0.25) is 37.3 Å². The lowest BCUT2D eigenvalue weighted by molar-refractivity contribution is -0.161. The molecule has 99 heavy (non-hydrogen) atoms. The average Bonchev–Trinajstić information content (AvgIpc) is 1.03. The zero-order valence-electron chi connectivity index (χ0n) is 65.1. The van der Waals surface area contributed by atoms with E-state index in [1.807, 2.05) is 0 Å². The third-order valence-corrected chi connectivity index (χ3v) is 21.6. The summed E-state index contributed by atoms with van der Waals surface area (Å²) in [6.07, 6.45) is 55.5. The van der Waals surface area contributed by atoms with Gasteiger partial charge in [0.2, 0.25) is 0 Å². The van der Waals surface area contributed by atoms with Gasteiger partial charge in [-0.1, -0.05) is 357 Å². The maximum atomic E-state index is 13.1. The first-order valence-electron chi connectivity index (χ1n) is 41.3. The van der Waals surface area contributed by atoms with E-state index in [0.29, 0.717) is 25.7 Å². The van der Waals surface area contributed by atoms with Crippen LogP contribution in [0.5, 0.6) is 0 Å². The third-order valence-electron chi connectivity index (χ3n) is 19.7. The summed E-state index contributed by atoms with van der Waals surface area (Å²) in [7, 11) is -9.92. The van der Waals surface area contributed by atoms with Gasteiger partial charge in [0.1, 0.15) is 19.3 Å². The van der Waals surface area contributed by atoms with Crippen LogP contribution in [-0.2, 0) is 65.4 Å². The first-order chi connectivity index (χ1) is 47.7. The fourth-order valence-electron chi connectivity index (χ4n) is 12.2. The maximum Gasteiger partial charge on any atom is 0.472 e. The molecule has 17 nitrogen and oxygen atoms in total. The molecule has 3 N–H and O–H groups in total. The summed E-state index contributed by atoms with van der Waals surface area (Å²) in [5.74, 6) is 1.04. The van der Waals surface area contributed by atoms with Crippen molar-refractivity contribution in [2.24, 2.45) is 23.7 Å². The van der Waals surface area contributed by atoms with Crippen LogP contribution in [0.3, 0.4) is 0 Å². The largest absolute Gasteiger partial charge is 0.472 e. The van der Waals surface area contributed by atoms with Crippen LogP contribution in [0.4, 0.5) is 0 Å². The molecule has 0 saturated heterocycles. The molecular formula is C80H156O17P2. The second-order valence-electron chi connectivity index (χ2n) is 30.0. The van der Waals surface area contributed by atoms with Crippen LogP contribution in [0.2, 0.25) is 0 Å². The molecule has 0 saturated carbocycles. The smallest absolute Gasteiger partial charge is 0.462 e. The van der Waals surface area contributed by atoms with E-state index in [0.717, 1.165) is 120 Å². The fraction of sp³-hybridized carbons (Fsp3) is 0.950. The van der Waals surface area contributed by atoms with E-state index < -0.39 is 97.5 Å². The highest BCUT2D eigenvalue weighted by Crippen LogP contribution is 2.45. The first kappa shape index (κ1) is 97.1. The van der Waals surface area contributed by atoms with E-state index in [2.05, 4.69) is 55.4 Å². The van der Waals surface area contributed by atoms with Gasteiger partial charge in [0, 0.05) is 25.7 Å². The number of phosphoric acid groups is 2. The number of rotatable bonds is 77. The van der Waals surface area contributed by atoms with Crippen molar-refractivity contribution >= 4 is 39.5 Å². The van der Waals surface area contributed by atoms with E-state index in [4.69, 9.17) is 37.0 Å². The third kappa shape index (κ3) is 70.2. The lowest BCUT2D eigenvalue weighted by Gasteiger charge is -2.21. The molecule has 0 aromatic heterocycles. The SMILES string of the molecule is CCC(C)CCCCCCCCCCCCCCCCCCCCC(=O)O[C@H](COC(=O)CCCCCCCCC(C)CC)COP(=O)(O)OC[C@H](O)COP(=O)(O)OC[C@@H](COC(=O)CCCCCCCCCCC(C)CC)OC(=O)CCCCCCCCCCCCCCC(C)C. The number of unbranched alkanes of at least 4 members (excludes halogenated alkanes) is 40. The van der Waals surface area contributed by atoms with E-state index in [-0.39, 0.29) is 25.7 Å². The summed E-state index contributed by atoms with van der Waals surface area (Å²) in [4.78, 5) is 72.9. The Labute approximate surface area is 607 Å². The van der Waals surface area contributed by atoms with Crippen molar-refractivity contribution in [1.82, 2.24) is 0 Å². The maximum absolute atomic E-state index is 13.1. The molecule has 0 heterocycles. The van der Waals surface area contributed by atoms with Gasteiger partial charge in [-0.2, -0.15) is 0 Å². The normalized spacial score (nSPS) is 14.9. The molecule has 0 radical (unpaired) electrons. The second-order valence-corrected chi connectivity index (χ2v) is 32.9. The van der Waals surface area contributed by atoms with E-state index in [1.165, 1.54) is 205 Å². The molecule has 0 aliphatic rings. The summed E-state index contributed by atoms with van der Waals surface area (Å²) in [6, 6.07) is 0. The van der Waals surface area contributed by atoms with Gasteiger partial charge in [0.25, 0.3) is 0 Å². The molecular weight excluding hydrogens is 1290 g/mol. The Morgan fingerprint density at radius 2 is 0.485 bits per heavy atom. The van der Waals surface area contributed by atoms with Gasteiger partial charge >= 0.3 is 39.5 Å². The minimum Gasteiger partial charge on any atom is -0.462 e. The molecule has 0 fully saturated rings. The van der Waals surface area contributed by atoms with Gasteiger partial charge in [0.15, 0.2) is 12.2 Å². The number of carbonyl (C=O) groups is 4. The number of carbonyl (C=O) groups excluding carboxylic acids is 4. The Hall–Kier alpha value is -1.94. The molecule has 5 unspecified atom stereocenters. The molecule has 0 aliphatic carbocycles. The van der Waals surface area contributed by atoms with Gasteiger partial charge in [0.05, 0.1) is 26.4 Å². The summed E-state index contributed by atoms with van der Waals surface area (Å²) >= 11 is 0. The topological polar surface area (TPSA) is 237 Å². The van der Waals surface area contributed by atoms with Crippen molar-refractivity contribution in [1.29, 1.82) is 0 Å². The average molecular weight is 1450 g/mol. The number of ether oxygens (including phenoxy) is 4. The molecule has 588 valence electrons. The first-order valence-corrected chi connectivity index (χ1v) is 44.3. The van der Waals surface area contributed by atoms with E-state index in [9.17, 15) is 43.2 Å². The van der Waals surface area contributed by atoms with Gasteiger partial charge < -0.3 is 33.8 Å². The van der Waals surface area contributed by atoms with Gasteiger partial charge in [-0.15, -0.1) is 0 Å². The minimum atomic E-state index is -4.96. The molecule has 0 spiro atoms. The highest BCUT2D eigenvalue weighted by Gasteiger charge is 2.30. The van der Waals surface area contributed by atoms with Crippen LogP contribution in [0.25, 0.3) is 0 Å². The summed E-state index contributed by atoms with van der Waals surface area (Å²) in [5.41, 5.74) is 0. The van der Waals surface area contributed by atoms with Crippen molar-refractivity contribution in [2.75, 3.05) is 39.6 Å². The predicted octanol–water partition coefficient (Wildman–Crippen LogP) is 23.6. The molecule has 8 atom stereocenters. The van der Waals surface area contributed by atoms with Gasteiger partial charge in [-0.05, 0) is 49.4 Å². The Bertz CT molecular complexity index is 1940. The molecule has 0 bridgehead atoms. The monoisotopic (exact) mass is 1450 g/mol. The highest BCUT2D eigenvalue weighted by molar-refractivity contribution is 7.47. The van der Waals surface area contributed by atoms with Crippen LogP contribution >= 0.6 is 15.6 Å². The van der Waals surface area contributed by atoms with Crippen LogP contribution in [-0.4, -0.2) is 96.7 Å². The van der Waals surface area contributed by atoms with Crippen molar-refractivity contribution < 1.29 is 80.2 Å². The number of aliphatic hydroxyl groups excluding tert-OH is 1. The number of hydrogen-bond acceptors (Lipinski definition) is 15.